The van der Waals surface area contributed by atoms with E-state index >= 15 is 0 Å². The Hall–Kier alpha value is -1.30. The standard InChI is InChI=1S/C16H25NO4/c1-4-21-11-14(18)10-17-6-5-12-7-15(19-2)16(20-3)8-13(12)9-17/h7-8,14,18H,4-6,9-11H2,1-3H3. The van der Waals surface area contributed by atoms with Gasteiger partial charge in [0.25, 0.3) is 0 Å². The van der Waals surface area contributed by atoms with Gasteiger partial charge in [-0.15, -0.1) is 0 Å². The van der Waals surface area contributed by atoms with Gasteiger partial charge in [0.15, 0.2) is 11.5 Å². The number of methoxy groups -OCH3 is 2. The summed E-state index contributed by atoms with van der Waals surface area (Å²) in [5.74, 6) is 1.54. The van der Waals surface area contributed by atoms with Gasteiger partial charge in [0.2, 0.25) is 0 Å². The predicted molar refractivity (Wildman–Crippen MR) is 81.0 cm³/mol. The van der Waals surface area contributed by atoms with Crippen molar-refractivity contribution in [1.82, 2.24) is 4.90 Å². The summed E-state index contributed by atoms with van der Waals surface area (Å²) >= 11 is 0. The smallest absolute Gasteiger partial charge is 0.161 e. The molecule has 1 aromatic rings. The lowest BCUT2D eigenvalue weighted by Gasteiger charge is -2.30. The van der Waals surface area contributed by atoms with Gasteiger partial charge < -0.3 is 19.3 Å². The summed E-state index contributed by atoms with van der Waals surface area (Å²) in [6.07, 6.45) is 0.517. The van der Waals surface area contributed by atoms with Crippen molar-refractivity contribution < 1.29 is 19.3 Å². The van der Waals surface area contributed by atoms with Crippen LogP contribution in [0.4, 0.5) is 0 Å². The monoisotopic (exact) mass is 295 g/mol. The second kappa shape index (κ2) is 7.64. The summed E-state index contributed by atoms with van der Waals surface area (Å²) in [5.41, 5.74) is 2.53. The summed E-state index contributed by atoms with van der Waals surface area (Å²) in [7, 11) is 3.31. The summed E-state index contributed by atoms with van der Waals surface area (Å²) in [6, 6.07) is 4.09. The van der Waals surface area contributed by atoms with Crippen LogP contribution in [0.5, 0.6) is 11.5 Å². The van der Waals surface area contributed by atoms with Crippen LogP contribution >= 0.6 is 0 Å². The zero-order valence-electron chi connectivity index (χ0n) is 13.1. The highest BCUT2D eigenvalue weighted by Gasteiger charge is 2.21. The average molecular weight is 295 g/mol. The van der Waals surface area contributed by atoms with Crippen molar-refractivity contribution in [2.24, 2.45) is 0 Å². The van der Waals surface area contributed by atoms with Crippen molar-refractivity contribution >= 4 is 0 Å². The number of β-amino-alcohol motifs (C(OH)–C–C–N with tert-alkyl or cyclic N) is 1. The van der Waals surface area contributed by atoms with Gasteiger partial charge in [-0.05, 0) is 36.6 Å². The topological polar surface area (TPSA) is 51.2 Å². The predicted octanol–water partition coefficient (Wildman–Crippen LogP) is 1.46. The van der Waals surface area contributed by atoms with Crippen LogP contribution < -0.4 is 9.47 Å². The molecular weight excluding hydrogens is 270 g/mol. The first-order valence-corrected chi connectivity index (χ1v) is 7.39. The first-order valence-electron chi connectivity index (χ1n) is 7.39. The maximum atomic E-state index is 9.95. The first kappa shape index (κ1) is 16.1. The van der Waals surface area contributed by atoms with Crippen LogP contribution in [-0.2, 0) is 17.7 Å². The fourth-order valence-electron chi connectivity index (χ4n) is 2.70. The highest BCUT2D eigenvalue weighted by molar-refractivity contribution is 5.48. The molecule has 1 heterocycles. The first-order chi connectivity index (χ1) is 10.2. The SMILES string of the molecule is CCOCC(O)CN1CCc2cc(OC)c(OC)cc2C1. The largest absolute Gasteiger partial charge is 0.493 e. The molecule has 1 unspecified atom stereocenters. The van der Waals surface area contributed by atoms with E-state index in [-0.39, 0.29) is 0 Å². The van der Waals surface area contributed by atoms with E-state index in [0.29, 0.717) is 19.8 Å². The molecular formula is C16H25NO4. The molecule has 0 saturated heterocycles. The number of hydrogen-bond donors (Lipinski definition) is 1. The Morgan fingerprint density at radius 3 is 2.48 bits per heavy atom. The quantitative estimate of drug-likeness (QED) is 0.825. The molecule has 5 nitrogen and oxygen atoms in total. The maximum Gasteiger partial charge on any atom is 0.161 e. The number of ether oxygens (including phenoxy) is 3. The van der Waals surface area contributed by atoms with Crippen molar-refractivity contribution in [3.8, 4) is 11.5 Å². The average Bonchev–Trinajstić information content (AvgIpc) is 2.51. The van der Waals surface area contributed by atoms with Gasteiger partial charge in [0.1, 0.15) is 0 Å². The minimum absolute atomic E-state index is 0.395. The normalized spacial score (nSPS) is 16.4. The number of rotatable bonds is 7. The third-order valence-electron chi connectivity index (χ3n) is 3.78. The van der Waals surface area contributed by atoms with Crippen LogP contribution in [0.25, 0.3) is 0 Å². The van der Waals surface area contributed by atoms with Crippen molar-refractivity contribution in [3.05, 3.63) is 23.3 Å². The molecule has 0 saturated carbocycles. The lowest BCUT2D eigenvalue weighted by atomic mass is 9.98. The molecule has 1 atom stereocenters. The minimum Gasteiger partial charge on any atom is -0.493 e. The van der Waals surface area contributed by atoms with Crippen LogP contribution in [-0.4, -0.2) is 56.6 Å². The van der Waals surface area contributed by atoms with E-state index in [1.807, 2.05) is 13.0 Å². The highest BCUT2D eigenvalue weighted by atomic mass is 16.5. The number of hydrogen-bond acceptors (Lipinski definition) is 5. The number of nitrogens with zero attached hydrogens (tertiary/aromatic N) is 1. The van der Waals surface area contributed by atoms with E-state index in [2.05, 4.69) is 11.0 Å². The van der Waals surface area contributed by atoms with Gasteiger partial charge in [-0.25, -0.2) is 0 Å². The third-order valence-corrected chi connectivity index (χ3v) is 3.78. The second-order valence-corrected chi connectivity index (χ2v) is 5.27. The van der Waals surface area contributed by atoms with E-state index in [1.54, 1.807) is 14.2 Å². The van der Waals surface area contributed by atoms with Gasteiger partial charge >= 0.3 is 0 Å². The Bertz CT molecular complexity index is 464. The molecule has 1 aromatic carbocycles. The van der Waals surface area contributed by atoms with E-state index in [1.165, 1.54) is 11.1 Å². The molecule has 0 bridgehead atoms. The number of aliphatic hydroxyl groups excluding tert-OH is 1. The summed E-state index contributed by atoms with van der Waals surface area (Å²) in [5, 5.41) is 9.95. The molecule has 1 aliphatic heterocycles. The summed E-state index contributed by atoms with van der Waals surface area (Å²) in [4.78, 5) is 2.25. The fourth-order valence-corrected chi connectivity index (χ4v) is 2.70. The van der Waals surface area contributed by atoms with Gasteiger partial charge in [-0.2, -0.15) is 0 Å². The van der Waals surface area contributed by atoms with Crippen LogP contribution in [0.3, 0.4) is 0 Å². The van der Waals surface area contributed by atoms with Crippen molar-refractivity contribution in [1.29, 1.82) is 0 Å². The molecule has 0 amide bonds. The molecule has 0 fully saturated rings. The Balaban J connectivity index is 2.02. The van der Waals surface area contributed by atoms with Crippen molar-refractivity contribution in [2.45, 2.75) is 26.0 Å². The van der Waals surface area contributed by atoms with E-state index in [0.717, 1.165) is 31.0 Å². The van der Waals surface area contributed by atoms with Gasteiger partial charge in [0, 0.05) is 26.2 Å². The maximum absolute atomic E-state index is 9.95. The van der Waals surface area contributed by atoms with E-state index in [4.69, 9.17) is 14.2 Å². The molecule has 1 aliphatic rings. The molecule has 2 rings (SSSR count). The zero-order valence-corrected chi connectivity index (χ0v) is 13.1. The molecule has 1 N–H and O–H groups in total. The second-order valence-electron chi connectivity index (χ2n) is 5.27. The third kappa shape index (κ3) is 4.09. The molecule has 21 heavy (non-hydrogen) atoms. The molecule has 0 radical (unpaired) electrons. The minimum atomic E-state index is -0.438. The Kier molecular flexibility index (Phi) is 5.85. The zero-order chi connectivity index (χ0) is 15.2. The van der Waals surface area contributed by atoms with Gasteiger partial charge in [0.05, 0.1) is 26.9 Å². The molecule has 0 spiro atoms. The van der Waals surface area contributed by atoms with Crippen LogP contribution in [0, 0.1) is 0 Å². The lowest BCUT2D eigenvalue weighted by molar-refractivity contribution is 0.0186. The number of aliphatic hydroxyl groups is 1. The Labute approximate surface area is 126 Å². The fraction of sp³-hybridized carbons (Fsp3) is 0.625. The lowest BCUT2D eigenvalue weighted by Crippen LogP contribution is -2.38. The van der Waals surface area contributed by atoms with Crippen LogP contribution in [0.2, 0.25) is 0 Å². The Morgan fingerprint density at radius 1 is 1.19 bits per heavy atom. The summed E-state index contributed by atoms with van der Waals surface area (Å²) in [6.45, 7) is 5.35. The van der Waals surface area contributed by atoms with Crippen LogP contribution in [0.15, 0.2) is 12.1 Å². The molecule has 0 aromatic heterocycles. The highest BCUT2D eigenvalue weighted by Crippen LogP contribution is 2.33. The molecule has 118 valence electrons. The number of benzene rings is 1. The van der Waals surface area contributed by atoms with E-state index in [9.17, 15) is 5.11 Å². The van der Waals surface area contributed by atoms with Crippen molar-refractivity contribution in [2.75, 3.05) is 40.5 Å². The molecule has 0 aliphatic carbocycles. The van der Waals surface area contributed by atoms with Gasteiger partial charge in [-0.3, -0.25) is 4.90 Å². The molecule has 5 heteroatoms. The summed E-state index contributed by atoms with van der Waals surface area (Å²) < 4.78 is 16.0. The van der Waals surface area contributed by atoms with Crippen LogP contribution in [0.1, 0.15) is 18.1 Å². The van der Waals surface area contributed by atoms with Gasteiger partial charge in [-0.1, -0.05) is 0 Å². The van der Waals surface area contributed by atoms with E-state index < -0.39 is 6.10 Å². The Morgan fingerprint density at radius 2 is 1.86 bits per heavy atom. The number of fused-ring (bicyclic) bond motifs is 1. The van der Waals surface area contributed by atoms with Crippen molar-refractivity contribution in [3.63, 3.8) is 0 Å².